The molecule has 7 nitrogen and oxygen atoms in total. The highest BCUT2D eigenvalue weighted by atomic mass is 35.5. The largest absolute Gasteiger partial charge is 0.372 e. The van der Waals surface area contributed by atoms with Crippen LogP contribution in [0.3, 0.4) is 0 Å². The molecule has 0 amide bonds. The predicted molar refractivity (Wildman–Crippen MR) is 79.7 cm³/mol. The first kappa shape index (κ1) is 12.7. The van der Waals surface area contributed by atoms with Crippen LogP contribution < -0.4 is 10.6 Å². The lowest BCUT2D eigenvalue weighted by Crippen LogP contribution is -2.02. The minimum atomic E-state index is 0.483. The fourth-order valence-corrected chi connectivity index (χ4v) is 2.21. The van der Waals surface area contributed by atoms with Crippen molar-refractivity contribution in [3.05, 3.63) is 23.1 Å². The van der Waals surface area contributed by atoms with Crippen LogP contribution in [0.2, 0.25) is 5.02 Å². The molecule has 3 aromatic rings. The Labute approximate surface area is 120 Å². The molecular formula is C12H14ClN7. The van der Waals surface area contributed by atoms with Gasteiger partial charge < -0.3 is 15.6 Å². The Balaban J connectivity index is 2.06. The van der Waals surface area contributed by atoms with Gasteiger partial charge >= 0.3 is 0 Å². The number of halogens is 1. The van der Waals surface area contributed by atoms with Crippen molar-refractivity contribution >= 4 is 40.1 Å². The van der Waals surface area contributed by atoms with Crippen molar-refractivity contribution in [3.63, 3.8) is 0 Å². The van der Waals surface area contributed by atoms with Crippen LogP contribution in [0, 0.1) is 6.92 Å². The van der Waals surface area contributed by atoms with Gasteiger partial charge in [-0.2, -0.15) is 15.1 Å². The quantitative estimate of drug-likeness (QED) is 0.690. The second-order valence-electron chi connectivity index (χ2n) is 4.40. The number of anilines is 3. The first-order chi connectivity index (χ1) is 9.60. The molecule has 104 valence electrons. The van der Waals surface area contributed by atoms with E-state index in [2.05, 4.69) is 30.7 Å². The summed E-state index contributed by atoms with van der Waals surface area (Å²) in [6.45, 7) is 1.97. The smallest absolute Gasteiger partial charge is 0.231 e. The number of nitrogens with zero attached hydrogens (tertiary/aromatic N) is 4. The molecule has 0 aliphatic heterocycles. The van der Waals surface area contributed by atoms with Crippen LogP contribution >= 0.6 is 11.6 Å². The lowest BCUT2D eigenvalue weighted by Gasteiger charge is -2.07. The number of aromatic amines is 1. The molecule has 0 radical (unpaired) electrons. The number of rotatable bonds is 3. The van der Waals surface area contributed by atoms with Crippen molar-refractivity contribution < 1.29 is 0 Å². The van der Waals surface area contributed by atoms with Crippen LogP contribution in [0.1, 0.15) is 5.69 Å². The Bertz CT molecular complexity index is 774. The Morgan fingerprint density at radius 3 is 2.80 bits per heavy atom. The highest BCUT2D eigenvalue weighted by Gasteiger charge is 2.13. The summed E-state index contributed by atoms with van der Waals surface area (Å²) in [5, 5.41) is 11.7. The molecule has 0 aliphatic carbocycles. The molecule has 3 heterocycles. The van der Waals surface area contributed by atoms with Gasteiger partial charge in [-0.3, -0.25) is 4.68 Å². The third-order valence-electron chi connectivity index (χ3n) is 3.20. The number of hydrogen-bond donors (Lipinski definition) is 3. The van der Waals surface area contributed by atoms with Gasteiger partial charge in [0.15, 0.2) is 0 Å². The summed E-state index contributed by atoms with van der Waals surface area (Å²) in [5.41, 5.74) is 2.55. The normalized spacial score (nSPS) is 11.0. The number of H-pyrrole nitrogens is 1. The molecule has 0 unspecified atom stereocenters. The summed E-state index contributed by atoms with van der Waals surface area (Å²) >= 11 is 6.11. The topological polar surface area (TPSA) is 83.4 Å². The third-order valence-corrected chi connectivity index (χ3v) is 3.50. The molecule has 3 rings (SSSR count). The predicted octanol–water partition coefficient (Wildman–Crippen LogP) is 2.44. The third kappa shape index (κ3) is 1.96. The van der Waals surface area contributed by atoms with Crippen molar-refractivity contribution in [2.45, 2.75) is 6.92 Å². The maximum absolute atomic E-state index is 6.11. The molecule has 0 saturated carbocycles. The molecule has 0 atom stereocenters. The standard InChI is InChI=1S/C12H14ClN7/c1-6-8(5-16-20(6)3)17-12-18-10(14-2)9-7(13)4-15-11(9)19-12/h4-5H,1-3H3,(H3,14,15,17,18,19). The minimum absolute atomic E-state index is 0.483. The van der Waals surface area contributed by atoms with E-state index in [-0.39, 0.29) is 0 Å². The summed E-state index contributed by atoms with van der Waals surface area (Å²) in [4.78, 5) is 11.9. The molecule has 0 bridgehead atoms. The highest BCUT2D eigenvalue weighted by molar-refractivity contribution is 6.36. The summed E-state index contributed by atoms with van der Waals surface area (Å²) in [5.74, 6) is 1.15. The van der Waals surface area contributed by atoms with Crippen LogP contribution in [0.4, 0.5) is 17.5 Å². The van der Waals surface area contributed by atoms with Crippen molar-refractivity contribution in [2.24, 2.45) is 7.05 Å². The molecule has 0 saturated heterocycles. The van der Waals surface area contributed by atoms with Gasteiger partial charge in [0.1, 0.15) is 11.5 Å². The molecule has 0 aliphatic rings. The average Bonchev–Trinajstić information content (AvgIpc) is 2.96. The van der Waals surface area contributed by atoms with E-state index >= 15 is 0 Å². The summed E-state index contributed by atoms with van der Waals surface area (Å²) < 4.78 is 1.78. The van der Waals surface area contributed by atoms with Crippen molar-refractivity contribution in [1.29, 1.82) is 0 Å². The summed E-state index contributed by atoms with van der Waals surface area (Å²) in [7, 11) is 3.68. The molecular weight excluding hydrogens is 278 g/mol. The maximum Gasteiger partial charge on any atom is 0.231 e. The lowest BCUT2D eigenvalue weighted by atomic mass is 10.3. The zero-order chi connectivity index (χ0) is 14.3. The number of nitrogens with one attached hydrogen (secondary N) is 3. The zero-order valence-corrected chi connectivity index (χ0v) is 12.1. The van der Waals surface area contributed by atoms with Gasteiger partial charge in [0.25, 0.3) is 0 Å². The monoisotopic (exact) mass is 291 g/mol. The van der Waals surface area contributed by atoms with Crippen LogP contribution in [-0.2, 0) is 7.05 Å². The van der Waals surface area contributed by atoms with Crippen LogP contribution in [0.15, 0.2) is 12.4 Å². The van der Waals surface area contributed by atoms with E-state index in [1.54, 1.807) is 24.1 Å². The molecule has 3 aromatic heterocycles. The van der Waals surface area contributed by atoms with Gasteiger partial charge in [-0.25, -0.2) is 0 Å². The molecule has 0 fully saturated rings. The van der Waals surface area contributed by atoms with Gasteiger partial charge in [0.2, 0.25) is 5.95 Å². The van der Waals surface area contributed by atoms with Gasteiger partial charge in [0.05, 0.1) is 28.0 Å². The number of aromatic nitrogens is 5. The Hall–Kier alpha value is -2.28. The van der Waals surface area contributed by atoms with Gasteiger partial charge in [-0.15, -0.1) is 0 Å². The van der Waals surface area contributed by atoms with E-state index in [0.29, 0.717) is 22.4 Å². The van der Waals surface area contributed by atoms with E-state index in [9.17, 15) is 0 Å². The zero-order valence-electron chi connectivity index (χ0n) is 11.3. The van der Waals surface area contributed by atoms with E-state index in [4.69, 9.17) is 11.6 Å². The van der Waals surface area contributed by atoms with Gasteiger partial charge in [0, 0.05) is 20.3 Å². The molecule has 3 N–H and O–H groups in total. The molecule has 8 heteroatoms. The molecule has 0 aromatic carbocycles. The first-order valence-corrected chi connectivity index (χ1v) is 6.46. The van der Waals surface area contributed by atoms with E-state index in [1.165, 1.54) is 0 Å². The molecule has 20 heavy (non-hydrogen) atoms. The van der Waals surface area contributed by atoms with Crippen molar-refractivity contribution in [1.82, 2.24) is 24.7 Å². The van der Waals surface area contributed by atoms with E-state index < -0.39 is 0 Å². The molecule has 0 spiro atoms. The van der Waals surface area contributed by atoms with E-state index in [0.717, 1.165) is 16.8 Å². The Kier molecular flexibility index (Phi) is 2.98. The van der Waals surface area contributed by atoms with Gasteiger partial charge in [-0.1, -0.05) is 11.6 Å². The van der Waals surface area contributed by atoms with Crippen LogP contribution in [0.25, 0.3) is 11.0 Å². The fourth-order valence-electron chi connectivity index (χ4n) is 1.97. The summed E-state index contributed by atoms with van der Waals surface area (Å²) in [6.07, 6.45) is 3.43. The van der Waals surface area contributed by atoms with Crippen molar-refractivity contribution in [2.75, 3.05) is 17.7 Å². The number of fused-ring (bicyclic) bond motifs is 1. The fraction of sp³-hybridized carbons (Fsp3) is 0.250. The second-order valence-corrected chi connectivity index (χ2v) is 4.81. The Morgan fingerprint density at radius 1 is 1.35 bits per heavy atom. The number of aryl methyl sites for hydroxylation is 1. The minimum Gasteiger partial charge on any atom is -0.372 e. The maximum atomic E-state index is 6.11. The van der Waals surface area contributed by atoms with Crippen LogP contribution in [-0.4, -0.2) is 31.8 Å². The first-order valence-electron chi connectivity index (χ1n) is 6.08. The highest BCUT2D eigenvalue weighted by Crippen LogP contribution is 2.29. The summed E-state index contributed by atoms with van der Waals surface area (Å²) in [6, 6.07) is 0. The average molecular weight is 292 g/mol. The SMILES string of the molecule is CNc1nc(Nc2cnn(C)c2C)nc2[nH]cc(Cl)c12. The van der Waals surface area contributed by atoms with Crippen molar-refractivity contribution in [3.8, 4) is 0 Å². The second kappa shape index (κ2) is 4.68. The van der Waals surface area contributed by atoms with E-state index in [1.807, 2.05) is 14.0 Å². The van der Waals surface area contributed by atoms with Gasteiger partial charge in [-0.05, 0) is 6.92 Å². The van der Waals surface area contributed by atoms with Crippen LogP contribution in [0.5, 0.6) is 0 Å². The lowest BCUT2D eigenvalue weighted by molar-refractivity contribution is 0.740. The number of hydrogen-bond acceptors (Lipinski definition) is 5. The Morgan fingerprint density at radius 2 is 2.15 bits per heavy atom.